The van der Waals surface area contributed by atoms with E-state index in [1.54, 1.807) is 38.1 Å². The number of aromatic amines is 1. The van der Waals surface area contributed by atoms with Crippen LogP contribution in [0.5, 0.6) is 5.75 Å². The largest absolute Gasteiger partial charge is 0.489 e. The van der Waals surface area contributed by atoms with E-state index in [0.29, 0.717) is 22.9 Å². The van der Waals surface area contributed by atoms with E-state index < -0.39 is 27.2 Å². The lowest BCUT2D eigenvalue weighted by atomic mass is 10.0. The Kier molecular flexibility index (Phi) is 7.52. The second-order valence-corrected chi connectivity index (χ2v) is 13.3. The van der Waals surface area contributed by atoms with Crippen LogP contribution < -0.4 is 14.9 Å². The fourth-order valence-corrected chi connectivity index (χ4v) is 6.80. The molecule has 2 aromatic heterocycles. The summed E-state index contributed by atoms with van der Waals surface area (Å²) in [6, 6.07) is 16.2. The van der Waals surface area contributed by atoms with Gasteiger partial charge in [-0.3, -0.25) is 14.6 Å². The smallest absolute Gasteiger partial charge is 0.322 e. The number of carbonyl (C=O) groups is 1. The Balaban J connectivity index is 1.28. The maximum absolute atomic E-state index is 13.1. The summed E-state index contributed by atoms with van der Waals surface area (Å²) in [6.45, 7) is 5.78. The zero-order valence-corrected chi connectivity index (χ0v) is 23.4. The van der Waals surface area contributed by atoms with E-state index in [9.17, 15) is 18.0 Å². The summed E-state index contributed by atoms with van der Waals surface area (Å²) in [7, 11) is -3.55. The Hall–Kier alpha value is -3.61. The number of aromatic nitrogens is 3. The number of ether oxygens (including phenoxy) is 1. The molecule has 5 rings (SSSR count). The maximum Gasteiger partial charge on any atom is 0.322 e. The number of hydrogen-bond donors (Lipinski definition) is 2. The van der Waals surface area contributed by atoms with Crippen LogP contribution in [0.1, 0.15) is 46.4 Å². The molecule has 39 heavy (non-hydrogen) atoms. The molecule has 0 spiro atoms. The van der Waals surface area contributed by atoms with Gasteiger partial charge in [-0.05, 0) is 57.2 Å². The van der Waals surface area contributed by atoms with Gasteiger partial charge in [-0.15, -0.1) is 0 Å². The van der Waals surface area contributed by atoms with Gasteiger partial charge < -0.3 is 10.1 Å². The maximum atomic E-state index is 13.1. The van der Waals surface area contributed by atoms with Gasteiger partial charge in [-0.1, -0.05) is 29.5 Å². The molecule has 0 radical (unpaired) electrons. The Labute approximate surface area is 230 Å². The van der Waals surface area contributed by atoms with E-state index in [1.165, 1.54) is 4.31 Å². The second-order valence-electron chi connectivity index (χ2n) is 9.80. The van der Waals surface area contributed by atoms with Crippen LogP contribution in [0.2, 0.25) is 0 Å². The van der Waals surface area contributed by atoms with Gasteiger partial charge in [-0.25, -0.2) is 13.5 Å². The van der Waals surface area contributed by atoms with Gasteiger partial charge in [0.1, 0.15) is 17.4 Å². The molecule has 204 valence electrons. The average Bonchev–Trinajstić information content (AvgIpc) is 3.53. The monoisotopic (exact) mass is 567 g/mol. The van der Waals surface area contributed by atoms with Gasteiger partial charge in [0.2, 0.25) is 10.0 Å². The number of rotatable bonds is 8. The Morgan fingerprint density at radius 3 is 2.62 bits per heavy atom. The third-order valence-corrected chi connectivity index (χ3v) is 9.86. The highest BCUT2D eigenvalue weighted by molar-refractivity contribution is 7.89. The fraction of sp³-hybridized carbons (Fsp3) is 0.333. The van der Waals surface area contributed by atoms with Crippen molar-refractivity contribution in [1.29, 1.82) is 0 Å². The summed E-state index contributed by atoms with van der Waals surface area (Å²) < 4.78 is 33.0. The minimum absolute atomic E-state index is 0.102. The minimum Gasteiger partial charge on any atom is -0.489 e. The number of nitrogens with zero attached hydrogens (tertiary/aromatic N) is 3. The number of sulfonamides is 1. The number of carbonyl (C=O) groups excluding carboxylic acids is 1. The molecule has 0 unspecified atom stereocenters. The number of H-pyrrole nitrogens is 1. The van der Waals surface area contributed by atoms with E-state index in [-0.39, 0.29) is 23.9 Å². The van der Waals surface area contributed by atoms with Gasteiger partial charge in [0.15, 0.2) is 0 Å². The van der Waals surface area contributed by atoms with Crippen LogP contribution in [0.15, 0.2) is 59.4 Å². The molecule has 0 aliphatic carbocycles. The zero-order chi connectivity index (χ0) is 27.7. The van der Waals surface area contributed by atoms with E-state index in [1.807, 2.05) is 37.3 Å². The third kappa shape index (κ3) is 5.72. The van der Waals surface area contributed by atoms with Crippen molar-refractivity contribution in [3.05, 3.63) is 86.1 Å². The first kappa shape index (κ1) is 27.0. The number of fused-ring (bicyclic) bond motifs is 1. The number of para-hydroxylation sites is 1. The van der Waals surface area contributed by atoms with E-state index in [0.717, 1.165) is 33.5 Å². The van der Waals surface area contributed by atoms with Crippen molar-refractivity contribution < 1.29 is 17.9 Å². The SMILES string of the molecule is Cc1cc(COc2ccc(C(=O)N[C@@H]3CN(S(=O)(=O)C(C)C)C[C@@H]3c3n[nH]c(=O)s3)cc2)c2ccccc2n1. The number of nitrogens with one attached hydrogen (secondary N) is 2. The van der Waals surface area contributed by atoms with Crippen LogP contribution in [0.4, 0.5) is 0 Å². The minimum atomic E-state index is -3.55. The number of pyridine rings is 1. The molecule has 1 amide bonds. The molecule has 1 aliphatic rings. The van der Waals surface area contributed by atoms with E-state index >= 15 is 0 Å². The predicted octanol–water partition coefficient (Wildman–Crippen LogP) is 3.20. The molecule has 2 aromatic carbocycles. The van der Waals surface area contributed by atoms with Crippen molar-refractivity contribution in [1.82, 2.24) is 24.8 Å². The number of amides is 1. The van der Waals surface area contributed by atoms with Crippen molar-refractivity contribution in [3.8, 4) is 5.75 Å². The highest BCUT2D eigenvalue weighted by Crippen LogP contribution is 2.31. The van der Waals surface area contributed by atoms with Gasteiger partial charge in [0.25, 0.3) is 5.91 Å². The lowest BCUT2D eigenvalue weighted by molar-refractivity contribution is 0.0936. The predicted molar refractivity (Wildman–Crippen MR) is 150 cm³/mol. The molecule has 0 bridgehead atoms. The number of benzene rings is 2. The lowest BCUT2D eigenvalue weighted by Gasteiger charge is -2.19. The molecule has 1 saturated heterocycles. The summed E-state index contributed by atoms with van der Waals surface area (Å²) in [5.74, 6) is -0.175. The first-order chi connectivity index (χ1) is 18.6. The van der Waals surface area contributed by atoms with Crippen molar-refractivity contribution in [2.45, 2.75) is 44.6 Å². The Bertz CT molecular complexity index is 1660. The average molecular weight is 568 g/mol. The Morgan fingerprint density at radius 1 is 1.18 bits per heavy atom. The van der Waals surface area contributed by atoms with Gasteiger partial charge in [0.05, 0.1) is 16.8 Å². The van der Waals surface area contributed by atoms with E-state index in [4.69, 9.17) is 4.74 Å². The zero-order valence-electron chi connectivity index (χ0n) is 21.7. The molecule has 10 nitrogen and oxygen atoms in total. The normalized spacial score (nSPS) is 18.1. The molecule has 2 atom stereocenters. The van der Waals surface area contributed by atoms with Crippen LogP contribution in [0.3, 0.4) is 0 Å². The van der Waals surface area contributed by atoms with Crippen LogP contribution in [0, 0.1) is 6.92 Å². The molecular weight excluding hydrogens is 538 g/mol. The summed E-state index contributed by atoms with van der Waals surface area (Å²) in [6.07, 6.45) is 0. The van der Waals surface area contributed by atoms with Gasteiger partial charge in [-0.2, -0.15) is 9.40 Å². The topological polar surface area (TPSA) is 134 Å². The summed E-state index contributed by atoms with van der Waals surface area (Å²) in [5.41, 5.74) is 3.25. The highest BCUT2D eigenvalue weighted by Gasteiger charge is 2.42. The van der Waals surface area contributed by atoms with Crippen LogP contribution in [0.25, 0.3) is 10.9 Å². The molecule has 2 N–H and O–H groups in total. The number of aryl methyl sites for hydroxylation is 1. The van der Waals surface area contributed by atoms with Crippen LogP contribution >= 0.6 is 11.3 Å². The molecule has 12 heteroatoms. The third-order valence-electron chi connectivity index (χ3n) is 6.77. The molecule has 0 saturated carbocycles. The number of hydrogen-bond acceptors (Lipinski definition) is 8. The van der Waals surface area contributed by atoms with Crippen LogP contribution in [-0.2, 0) is 16.6 Å². The molecule has 3 heterocycles. The first-order valence-electron chi connectivity index (χ1n) is 12.5. The van der Waals surface area contributed by atoms with E-state index in [2.05, 4.69) is 20.5 Å². The second kappa shape index (κ2) is 10.9. The van der Waals surface area contributed by atoms with Crippen LogP contribution in [-0.4, -0.2) is 58.2 Å². The molecule has 1 fully saturated rings. The fourth-order valence-electron chi connectivity index (χ4n) is 4.70. The molecule has 4 aromatic rings. The summed E-state index contributed by atoms with van der Waals surface area (Å²) in [4.78, 5) is 29.1. The lowest BCUT2D eigenvalue weighted by Crippen LogP contribution is -2.41. The summed E-state index contributed by atoms with van der Waals surface area (Å²) >= 11 is 0.924. The highest BCUT2D eigenvalue weighted by atomic mass is 32.2. The standard InChI is InChI=1S/C27H29N5O5S2/c1-16(2)39(35,36)32-13-22(26-30-31-27(34)38-26)24(14-32)29-25(33)18-8-10-20(11-9-18)37-15-19-12-17(3)28-23-7-5-4-6-21(19)23/h4-12,16,22,24H,13-15H2,1-3H3,(H,29,33)(H,31,34)/t22-,24+/m0/s1. The molecule has 1 aliphatic heterocycles. The quantitative estimate of drug-likeness (QED) is 0.334. The van der Waals surface area contributed by atoms with Crippen molar-refractivity contribution in [2.24, 2.45) is 0 Å². The van der Waals surface area contributed by atoms with Gasteiger partial charge >= 0.3 is 4.87 Å². The Morgan fingerprint density at radius 2 is 1.92 bits per heavy atom. The van der Waals surface area contributed by atoms with Crippen molar-refractivity contribution in [2.75, 3.05) is 13.1 Å². The summed E-state index contributed by atoms with van der Waals surface area (Å²) in [5, 5.41) is 10.3. The first-order valence-corrected chi connectivity index (χ1v) is 14.9. The molecular formula is C27H29N5O5S2. The van der Waals surface area contributed by atoms with Crippen molar-refractivity contribution in [3.63, 3.8) is 0 Å². The van der Waals surface area contributed by atoms with Gasteiger partial charge in [0, 0.05) is 41.2 Å². The van der Waals surface area contributed by atoms with Crippen molar-refractivity contribution >= 4 is 38.2 Å².